The number of azo groups is 1. The van der Waals surface area contributed by atoms with E-state index in [2.05, 4.69) is 22.1 Å². The van der Waals surface area contributed by atoms with E-state index in [9.17, 15) is 4.79 Å². The highest BCUT2D eigenvalue weighted by Crippen LogP contribution is 2.14. The van der Waals surface area contributed by atoms with E-state index in [0.717, 1.165) is 11.3 Å². The number of hydrogen-bond donors (Lipinski definition) is 0. The molecular formula is C15H16N2O2. The van der Waals surface area contributed by atoms with Crippen LogP contribution >= 0.6 is 0 Å². The molecule has 0 heterocycles. The van der Waals surface area contributed by atoms with Gasteiger partial charge in [-0.1, -0.05) is 23.6 Å². The van der Waals surface area contributed by atoms with Gasteiger partial charge in [0, 0.05) is 6.08 Å². The number of allylic oxidation sites excluding steroid dienone is 1. The summed E-state index contributed by atoms with van der Waals surface area (Å²) >= 11 is 0. The van der Waals surface area contributed by atoms with Crippen LogP contribution in [-0.4, -0.2) is 12.6 Å². The van der Waals surface area contributed by atoms with E-state index in [1.807, 2.05) is 31.2 Å². The van der Waals surface area contributed by atoms with E-state index in [1.165, 1.54) is 6.08 Å². The fourth-order valence-electron chi connectivity index (χ4n) is 1.17. The summed E-state index contributed by atoms with van der Waals surface area (Å²) in [6, 6.07) is 7.62. The lowest BCUT2D eigenvalue weighted by Crippen LogP contribution is -2.01. The van der Waals surface area contributed by atoms with E-state index in [4.69, 9.17) is 4.74 Å². The molecule has 1 aromatic carbocycles. The molecule has 0 aliphatic carbocycles. The highest BCUT2D eigenvalue weighted by Gasteiger charge is 1.97. The maximum Gasteiger partial charge on any atom is 0.333 e. The number of benzene rings is 1. The van der Waals surface area contributed by atoms with E-state index in [0.29, 0.717) is 5.70 Å². The number of carbonyl (C=O) groups is 1. The fraction of sp³-hybridized carbons (Fsp3) is 0.267. The lowest BCUT2D eigenvalue weighted by molar-refractivity contribution is -0.136. The molecule has 0 aliphatic rings. The van der Waals surface area contributed by atoms with Gasteiger partial charge in [0.2, 0.25) is 0 Å². The Labute approximate surface area is 113 Å². The van der Waals surface area contributed by atoms with Crippen LogP contribution in [-0.2, 0) is 9.53 Å². The third-order valence-electron chi connectivity index (χ3n) is 2.15. The van der Waals surface area contributed by atoms with Crippen molar-refractivity contribution in [1.82, 2.24) is 0 Å². The maximum atomic E-state index is 11.3. The quantitative estimate of drug-likeness (QED) is 0.358. The summed E-state index contributed by atoms with van der Waals surface area (Å²) in [6.07, 6.45) is 1.29. The maximum absolute atomic E-state index is 11.3. The Morgan fingerprint density at radius 3 is 2.68 bits per heavy atom. The van der Waals surface area contributed by atoms with Gasteiger partial charge >= 0.3 is 5.97 Å². The van der Waals surface area contributed by atoms with Crippen LogP contribution in [0.4, 0.5) is 5.69 Å². The Kier molecular flexibility index (Phi) is 6.04. The standard InChI is InChI=1S/C15H16N2O2/c1-4-5-10-19-15(18)11-13(3)16-17-14-8-6-12(2)7-9-14/h6-9,11H,10H2,1-3H3/b13-11+,17-16?. The normalized spacial score (nSPS) is 11.0. The molecule has 0 N–H and O–H groups in total. The summed E-state index contributed by atoms with van der Waals surface area (Å²) in [5, 5.41) is 7.96. The largest absolute Gasteiger partial charge is 0.449 e. The SMILES string of the molecule is CC#CCOC(=O)/C=C(\C)N=Nc1ccc(C)cc1. The van der Waals surface area contributed by atoms with Crippen molar-refractivity contribution in [2.24, 2.45) is 10.2 Å². The van der Waals surface area contributed by atoms with Crippen LogP contribution in [0.2, 0.25) is 0 Å². The van der Waals surface area contributed by atoms with Gasteiger partial charge in [0.15, 0.2) is 6.61 Å². The molecule has 19 heavy (non-hydrogen) atoms. The molecular weight excluding hydrogens is 240 g/mol. The number of esters is 1. The number of rotatable bonds is 4. The number of carbonyl (C=O) groups excluding carboxylic acids is 1. The van der Waals surface area contributed by atoms with E-state index < -0.39 is 5.97 Å². The number of nitrogens with zero attached hydrogens (tertiary/aromatic N) is 2. The second-order valence-corrected chi connectivity index (χ2v) is 3.86. The second-order valence-electron chi connectivity index (χ2n) is 3.86. The van der Waals surface area contributed by atoms with Crippen molar-refractivity contribution in [3.05, 3.63) is 41.6 Å². The highest BCUT2D eigenvalue weighted by molar-refractivity contribution is 5.82. The van der Waals surface area contributed by atoms with Gasteiger partial charge in [0.05, 0.1) is 11.4 Å². The highest BCUT2D eigenvalue weighted by atomic mass is 16.5. The predicted octanol–water partition coefficient (Wildman–Crippen LogP) is 3.55. The zero-order valence-corrected chi connectivity index (χ0v) is 11.3. The van der Waals surface area contributed by atoms with Crippen molar-refractivity contribution in [3.8, 4) is 11.8 Å². The molecule has 0 bridgehead atoms. The Hall–Kier alpha value is -2.41. The van der Waals surface area contributed by atoms with E-state index >= 15 is 0 Å². The minimum absolute atomic E-state index is 0.0915. The molecule has 0 saturated carbocycles. The summed E-state index contributed by atoms with van der Waals surface area (Å²) < 4.78 is 4.83. The Morgan fingerprint density at radius 1 is 1.37 bits per heavy atom. The van der Waals surface area contributed by atoms with Crippen molar-refractivity contribution in [2.45, 2.75) is 20.8 Å². The van der Waals surface area contributed by atoms with Gasteiger partial charge in [-0.15, -0.1) is 5.92 Å². The summed E-state index contributed by atoms with van der Waals surface area (Å²) in [6.45, 7) is 5.46. The van der Waals surface area contributed by atoms with Crippen LogP contribution in [0.15, 0.2) is 46.3 Å². The molecule has 1 aromatic rings. The zero-order valence-electron chi connectivity index (χ0n) is 11.3. The molecule has 0 spiro atoms. The monoisotopic (exact) mass is 256 g/mol. The van der Waals surface area contributed by atoms with Crippen LogP contribution in [0.3, 0.4) is 0 Å². The average molecular weight is 256 g/mol. The third kappa shape index (κ3) is 6.18. The van der Waals surface area contributed by atoms with Gasteiger partial charge < -0.3 is 4.74 Å². The molecule has 0 saturated heterocycles. The van der Waals surface area contributed by atoms with Crippen molar-refractivity contribution < 1.29 is 9.53 Å². The fourth-order valence-corrected chi connectivity index (χ4v) is 1.17. The first kappa shape index (κ1) is 14.7. The number of ether oxygens (including phenoxy) is 1. The molecule has 1 rings (SSSR count). The van der Waals surface area contributed by atoms with Crippen molar-refractivity contribution in [1.29, 1.82) is 0 Å². The van der Waals surface area contributed by atoms with Crippen LogP contribution in [0.5, 0.6) is 0 Å². The van der Waals surface area contributed by atoms with Gasteiger partial charge in [0.1, 0.15) is 0 Å². The molecule has 4 heteroatoms. The van der Waals surface area contributed by atoms with E-state index in [1.54, 1.807) is 13.8 Å². The summed E-state index contributed by atoms with van der Waals surface area (Å²) in [5.41, 5.74) is 2.38. The zero-order chi connectivity index (χ0) is 14.1. The van der Waals surface area contributed by atoms with Crippen LogP contribution in [0.1, 0.15) is 19.4 Å². The molecule has 4 nitrogen and oxygen atoms in total. The number of aryl methyl sites for hydroxylation is 1. The molecule has 0 fully saturated rings. The molecule has 0 atom stereocenters. The lowest BCUT2D eigenvalue weighted by atomic mass is 10.2. The molecule has 0 aromatic heterocycles. The van der Waals surface area contributed by atoms with Crippen LogP contribution in [0, 0.1) is 18.8 Å². The van der Waals surface area contributed by atoms with Crippen molar-refractivity contribution >= 4 is 11.7 Å². The average Bonchev–Trinajstić information content (AvgIpc) is 2.38. The van der Waals surface area contributed by atoms with Gasteiger partial charge in [0.25, 0.3) is 0 Å². The topological polar surface area (TPSA) is 51.0 Å². The first-order valence-electron chi connectivity index (χ1n) is 5.85. The smallest absolute Gasteiger partial charge is 0.333 e. The second kappa shape index (κ2) is 7.83. The van der Waals surface area contributed by atoms with Crippen LogP contribution < -0.4 is 0 Å². The van der Waals surface area contributed by atoms with Gasteiger partial charge in [-0.3, -0.25) is 0 Å². The lowest BCUT2D eigenvalue weighted by Gasteiger charge is -1.96. The molecule has 98 valence electrons. The molecule has 0 aliphatic heterocycles. The summed E-state index contributed by atoms with van der Waals surface area (Å²) in [4.78, 5) is 11.3. The van der Waals surface area contributed by atoms with Gasteiger partial charge in [-0.05, 0) is 32.9 Å². The third-order valence-corrected chi connectivity index (χ3v) is 2.15. The van der Waals surface area contributed by atoms with Crippen molar-refractivity contribution in [2.75, 3.05) is 6.61 Å². The summed E-state index contributed by atoms with van der Waals surface area (Å²) in [5.74, 6) is 4.81. The first-order chi connectivity index (χ1) is 9.11. The molecule has 0 amide bonds. The van der Waals surface area contributed by atoms with E-state index in [-0.39, 0.29) is 6.61 Å². The molecule has 0 radical (unpaired) electrons. The minimum atomic E-state index is -0.469. The number of hydrogen-bond acceptors (Lipinski definition) is 4. The Morgan fingerprint density at radius 2 is 2.05 bits per heavy atom. The summed E-state index contributed by atoms with van der Waals surface area (Å²) in [7, 11) is 0. The minimum Gasteiger partial charge on any atom is -0.449 e. The van der Waals surface area contributed by atoms with Crippen LogP contribution in [0.25, 0.3) is 0 Å². The van der Waals surface area contributed by atoms with Gasteiger partial charge in [-0.2, -0.15) is 10.2 Å². The predicted molar refractivity (Wildman–Crippen MR) is 73.9 cm³/mol. The Balaban J connectivity index is 2.57. The Bertz CT molecular complexity index is 546. The molecule has 0 unspecified atom stereocenters. The van der Waals surface area contributed by atoms with Crippen molar-refractivity contribution in [3.63, 3.8) is 0 Å². The van der Waals surface area contributed by atoms with Gasteiger partial charge in [-0.25, -0.2) is 4.79 Å². The first-order valence-corrected chi connectivity index (χ1v) is 5.85.